The average Bonchev–Trinajstić information content (AvgIpc) is 3.39. The number of nitrogens with zero attached hydrogens (tertiary/aromatic N) is 1. The molecule has 0 bridgehead atoms. The fourth-order valence-corrected chi connectivity index (χ4v) is 2.97. The normalized spacial score (nSPS) is 13.8. The minimum absolute atomic E-state index is 0.140. The number of hydrogen-bond donors (Lipinski definition) is 1. The Morgan fingerprint density at radius 2 is 1.85 bits per heavy atom. The van der Waals surface area contributed by atoms with Crippen LogP contribution in [0.5, 0.6) is 11.5 Å². The predicted octanol–water partition coefficient (Wildman–Crippen LogP) is 3.18. The molecule has 2 amide bonds. The van der Waals surface area contributed by atoms with E-state index in [1.165, 1.54) is 26.6 Å². The molecule has 1 N–H and O–H groups in total. The Bertz CT molecular complexity index is 836. The number of rotatable bonds is 6. The summed E-state index contributed by atoms with van der Waals surface area (Å²) in [6.07, 6.45) is 6.38. The number of carbonyl (C=O) groups is 2. The van der Waals surface area contributed by atoms with Gasteiger partial charge >= 0.3 is 0 Å². The minimum Gasteiger partial charge on any atom is -0.493 e. The van der Waals surface area contributed by atoms with Gasteiger partial charge in [0.1, 0.15) is 5.76 Å². The molecule has 0 radical (unpaired) electrons. The van der Waals surface area contributed by atoms with E-state index in [1.54, 1.807) is 35.2 Å². The topological polar surface area (TPSA) is 81.0 Å². The third kappa shape index (κ3) is 4.31. The first-order chi connectivity index (χ1) is 13.1. The zero-order chi connectivity index (χ0) is 19.2. The number of methoxy groups -OCH3 is 2. The van der Waals surface area contributed by atoms with Crippen LogP contribution >= 0.6 is 0 Å². The molecule has 0 saturated carbocycles. The van der Waals surface area contributed by atoms with Gasteiger partial charge in [-0.15, -0.1) is 0 Å². The Labute approximate surface area is 157 Å². The molecule has 7 heteroatoms. The molecule has 1 aliphatic rings. The SMILES string of the molecule is COc1cc(NC(=O)/C=C/c2ccco2)c(C(=O)N2CCCC2)cc1OC. The van der Waals surface area contributed by atoms with Crippen molar-refractivity contribution in [3.05, 3.63) is 47.9 Å². The highest BCUT2D eigenvalue weighted by atomic mass is 16.5. The van der Waals surface area contributed by atoms with Gasteiger partial charge in [-0.05, 0) is 37.1 Å². The molecule has 27 heavy (non-hydrogen) atoms. The van der Waals surface area contributed by atoms with Gasteiger partial charge in [0.15, 0.2) is 11.5 Å². The van der Waals surface area contributed by atoms with Crippen LogP contribution in [0.2, 0.25) is 0 Å². The average molecular weight is 370 g/mol. The van der Waals surface area contributed by atoms with Gasteiger partial charge in [0.2, 0.25) is 5.91 Å². The zero-order valence-electron chi connectivity index (χ0n) is 15.4. The van der Waals surface area contributed by atoms with E-state index in [2.05, 4.69) is 5.32 Å². The Hall–Kier alpha value is -3.22. The first-order valence-electron chi connectivity index (χ1n) is 8.70. The van der Waals surface area contributed by atoms with Gasteiger partial charge < -0.3 is 24.1 Å². The number of nitrogens with one attached hydrogen (secondary N) is 1. The smallest absolute Gasteiger partial charge is 0.256 e. The van der Waals surface area contributed by atoms with Crippen molar-refractivity contribution in [3.63, 3.8) is 0 Å². The summed E-state index contributed by atoms with van der Waals surface area (Å²) >= 11 is 0. The maximum absolute atomic E-state index is 12.9. The first kappa shape index (κ1) is 18.6. The number of amides is 2. The number of benzene rings is 1. The molecule has 2 heterocycles. The molecule has 1 aromatic carbocycles. The fourth-order valence-electron chi connectivity index (χ4n) is 2.97. The summed E-state index contributed by atoms with van der Waals surface area (Å²) in [5, 5.41) is 2.75. The maximum atomic E-state index is 12.9. The number of furan rings is 1. The second-order valence-electron chi connectivity index (χ2n) is 6.09. The molecule has 1 aliphatic heterocycles. The van der Waals surface area contributed by atoms with Crippen LogP contribution < -0.4 is 14.8 Å². The van der Waals surface area contributed by atoms with E-state index >= 15 is 0 Å². The van der Waals surface area contributed by atoms with Crippen LogP contribution in [0.1, 0.15) is 29.0 Å². The highest BCUT2D eigenvalue weighted by Crippen LogP contribution is 2.34. The Morgan fingerprint density at radius 1 is 1.15 bits per heavy atom. The number of carbonyl (C=O) groups excluding carboxylic acids is 2. The third-order valence-electron chi connectivity index (χ3n) is 4.35. The van der Waals surface area contributed by atoms with Gasteiger partial charge in [-0.3, -0.25) is 9.59 Å². The van der Waals surface area contributed by atoms with Crippen LogP contribution in [-0.2, 0) is 4.79 Å². The lowest BCUT2D eigenvalue weighted by Gasteiger charge is -2.19. The quantitative estimate of drug-likeness (QED) is 0.790. The van der Waals surface area contributed by atoms with E-state index in [0.717, 1.165) is 12.8 Å². The molecule has 2 aromatic rings. The van der Waals surface area contributed by atoms with Crippen LogP contribution in [0.3, 0.4) is 0 Å². The summed E-state index contributed by atoms with van der Waals surface area (Å²) in [6.45, 7) is 1.41. The monoisotopic (exact) mass is 370 g/mol. The molecule has 3 rings (SSSR count). The highest BCUT2D eigenvalue weighted by molar-refractivity contribution is 6.08. The summed E-state index contributed by atoms with van der Waals surface area (Å²) in [7, 11) is 3.01. The van der Waals surface area contributed by atoms with E-state index in [4.69, 9.17) is 13.9 Å². The number of likely N-dealkylation sites (tertiary alicyclic amines) is 1. The number of ether oxygens (including phenoxy) is 2. The second-order valence-corrected chi connectivity index (χ2v) is 6.09. The maximum Gasteiger partial charge on any atom is 0.256 e. The van der Waals surface area contributed by atoms with Crippen LogP contribution in [-0.4, -0.2) is 44.0 Å². The van der Waals surface area contributed by atoms with Crippen LogP contribution in [0.25, 0.3) is 6.08 Å². The standard InChI is InChI=1S/C20H22N2O5/c1-25-17-12-15(20(24)22-9-3-4-10-22)16(13-18(17)26-2)21-19(23)8-7-14-6-5-11-27-14/h5-8,11-13H,3-4,9-10H2,1-2H3,(H,21,23)/b8-7+. The van der Waals surface area contributed by atoms with Crippen LogP contribution in [0.15, 0.2) is 41.0 Å². The lowest BCUT2D eigenvalue weighted by molar-refractivity contribution is -0.111. The van der Waals surface area contributed by atoms with Gasteiger partial charge in [0.25, 0.3) is 5.91 Å². The summed E-state index contributed by atoms with van der Waals surface area (Å²) in [5.74, 6) is 0.906. The summed E-state index contributed by atoms with van der Waals surface area (Å²) in [4.78, 5) is 27.0. The molecule has 7 nitrogen and oxygen atoms in total. The lowest BCUT2D eigenvalue weighted by Crippen LogP contribution is -2.28. The third-order valence-corrected chi connectivity index (χ3v) is 4.35. The minimum atomic E-state index is -0.380. The van der Waals surface area contributed by atoms with E-state index in [-0.39, 0.29) is 11.8 Å². The molecule has 0 spiro atoms. The molecule has 0 aliphatic carbocycles. The molecular weight excluding hydrogens is 348 g/mol. The van der Waals surface area contributed by atoms with Crippen molar-refractivity contribution in [2.24, 2.45) is 0 Å². The summed E-state index contributed by atoms with van der Waals surface area (Å²) in [5.41, 5.74) is 0.743. The van der Waals surface area contributed by atoms with Crippen molar-refractivity contribution in [2.45, 2.75) is 12.8 Å². The van der Waals surface area contributed by atoms with E-state index < -0.39 is 0 Å². The van der Waals surface area contributed by atoms with Crippen molar-refractivity contribution < 1.29 is 23.5 Å². The van der Waals surface area contributed by atoms with Gasteiger partial charge in [-0.25, -0.2) is 0 Å². The molecule has 1 saturated heterocycles. The number of hydrogen-bond acceptors (Lipinski definition) is 5. The van der Waals surface area contributed by atoms with Gasteiger partial charge in [-0.1, -0.05) is 0 Å². The fraction of sp³-hybridized carbons (Fsp3) is 0.300. The summed E-state index contributed by atoms with van der Waals surface area (Å²) < 4.78 is 15.8. The van der Waals surface area contributed by atoms with Crippen LogP contribution in [0.4, 0.5) is 5.69 Å². The lowest BCUT2D eigenvalue weighted by atomic mass is 10.1. The predicted molar refractivity (Wildman–Crippen MR) is 101 cm³/mol. The largest absolute Gasteiger partial charge is 0.493 e. The molecular formula is C20H22N2O5. The Balaban J connectivity index is 1.88. The van der Waals surface area contributed by atoms with Crippen molar-refractivity contribution in [3.8, 4) is 11.5 Å². The zero-order valence-corrected chi connectivity index (χ0v) is 15.4. The molecule has 1 aromatic heterocycles. The molecule has 0 atom stereocenters. The second kappa shape index (κ2) is 8.44. The van der Waals surface area contributed by atoms with E-state index in [9.17, 15) is 9.59 Å². The van der Waals surface area contributed by atoms with E-state index in [1.807, 2.05) is 0 Å². The van der Waals surface area contributed by atoms with Gasteiger partial charge in [0, 0.05) is 25.2 Å². The number of anilines is 1. The van der Waals surface area contributed by atoms with Crippen molar-refractivity contribution in [1.82, 2.24) is 4.90 Å². The van der Waals surface area contributed by atoms with Gasteiger partial charge in [0.05, 0.1) is 31.7 Å². The Kier molecular flexibility index (Phi) is 5.80. The first-order valence-corrected chi connectivity index (χ1v) is 8.70. The van der Waals surface area contributed by atoms with Crippen molar-refractivity contribution in [2.75, 3.05) is 32.6 Å². The van der Waals surface area contributed by atoms with Crippen molar-refractivity contribution in [1.29, 1.82) is 0 Å². The molecule has 1 fully saturated rings. The highest BCUT2D eigenvalue weighted by Gasteiger charge is 2.24. The van der Waals surface area contributed by atoms with E-state index in [0.29, 0.717) is 41.6 Å². The van der Waals surface area contributed by atoms with Crippen LogP contribution in [0, 0.1) is 0 Å². The molecule has 0 unspecified atom stereocenters. The molecule has 142 valence electrons. The van der Waals surface area contributed by atoms with Crippen molar-refractivity contribution >= 4 is 23.6 Å². The van der Waals surface area contributed by atoms with Gasteiger partial charge in [-0.2, -0.15) is 0 Å². The summed E-state index contributed by atoms with van der Waals surface area (Å²) in [6, 6.07) is 6.67. The Morgan fingerprint density at radius 3 is 2.48 bits per heavy atom.